The first kappa shape index (κ1) is 16.9. The Morgan fingerprint density at radius 2 is 1.56 bits per heavy atom. The van der Waals surface area contributed by atoms with Crippen molar-refractivity contribution in [2.45, 2.75) is 20.3 Å². The largest absolute Gasteiger partial charge is 2.00 e. The van der Waals surface area contributed by atoms with Crippen LogP contribution in [0.25, 0.3) is 0 Å². The van der Waals surface area contributed by atoms with E-state index in [1.54, 1.807) is 30.3 Å². The summed E-state index contributed by atoms with van der Waals surface area (Å²) in [5.41, 5.74) is -1.35. The van der Waals surface area contributed by atoms with Crippen LogP contribution in [0.15, 0.2) is 30.3 Å². The first-order chi connectivity index (χ1) is 7.91. The molecule has 0 radical (unpaired) electrons. The van der Waals surface area contributed by atoms with Crippen molar-refractivity contribution >= 4 is 35.0 Å². The molecule has 1 aromatic rings. The number of hydrogen-bond donors (Lipinski definition) is 0. The third-order valence-corrected chi connectivity index (χ3v) is 3.04. The van der Waals surface area contributed by atoms with Gasteiger partial charge in [-0.3, -0.25) is 0 Å². The molecule has 4 nitrogen and oxygen atoms in total. The Bertz CT molecular complexity index is 400. The maximum Gasteiger partial charge on any atom is 2.00 e. The summed E-state index contributed by atoms with van der Waals surface area (Å²) in [5.74, 6) is -3.81. The van der Waals surface area contributed by atoms with Crippen LogP contribution in [-0.2, 0) is 16.0 Å². The Hall–Kier alpha value is -1.07. The molecule has 0 N–H and O–H groups in total. The van der Waals surface area contributed by atoms with Crippen LogP contribution in [0.5, 0.6) is 0 Å². The summed E-state index contributed by atoms with van der Waals surface area (Å²) in [6, 6.07) is 8.60. The number of carbonyl (C=O) groups excluding carboxylic acids is 2. The van der Waals surface area contributed by atoms with Crippen LogP contribution in [0.3, 0.4) is 0 Å². The Balaban J connectivity index is 0.00000289. The van der Waals surface area contributed by atoms with E-state index in [1.165, 1.54) is 13.8 Å². The van der Waals surface area contributed by atoms with Gasteiger partial charge in [-0.05, 0) is 17.9 Å². The van der Waals surface area contributed by atoms with Crippen molar-refractivity contribution in [1.82, 2.24) is 0 Å². The normalized spacial score (nSPS) is 10.8. The van der Waals surface area contributed by atoms with Gasteiger partial charge >= 0.3 is 23.1 Å². The molecule has 0 unspecified atom stereocenters. The monoisotopic (exact) mass is 258 g/mol. The molecule has 1 aromatic carbocycles. The second-order valence-electron chi connectivity index (χ2n) is 4.36. The first-order valence-corrected chi connectivity index (χ1v) is 5.38. The molecule has 0 atom stereocenters. The van der Waals surface area contributed by atoms with E-state index in [9.17, 15) is 19.8 Å². The molecule has 18 heavy (non-hydrogen) atoms. The van der Waals surface area contributed by atoms with E-state index >= 15 is 0 Å². The van der Waals surface area contributed by atoms with Crippen molar-refractivity contribution in [2.75, 3.05) is 0 Å². The summed E-state index contributed by atoms with van der Waals surface area (Å²) < 4.78 is 0. The van der Waals surface area contributed by atoms with Gasteiger partial charge in [-0.2, -0.15) is 0 Å². The van der Waals surface area contributed by atoms with Gasteiger partial charge in [0, 0.05) is 0 Å². The minimum atomic E-state index is -1.98. The molecular formula is C13H14MgO4. The molecule has 0 aliphatic heterocycles. The average Bonchev–Trinajstić information content (AvgIpc) is 2.25. The van der Waals surface area contributed by atoms with E-state index < -0.39 is 23.3 Å². The molecule has 0 heterocycles. The van der Waals surface area contributed by atoms with E-state index in [1.807, 2.05) is 0 Å². The Labute approximate surface area is 122 Å². The number of rotatable bonds is 5. The molecule has 0 saturated heterocycles. The van der Waals surface area contributed by atoms with Crippen LogP contribution in [-0.4, -0.2) is 35.0 Å². The maximum atomic E-state index is 11.2. The molecule has 92 valence electrons. The van der Waals surface area contributed by atoms with Crippen molar-refractivity contribution in [3.8, 4) is 0 Å². The minimum absolute atomic E-state index is 0. The summed E-state index contributed by atoms with van der Waals surface area (Å²) in [6.07, 6.45) is -0.129. The Morgan fingerprint density at radius 3 is 1.89 bits per heavy atom. The molecular weight excluding hydrogens is 244 g/mol. The van der Waals surface area contributed by atoms with Gasteiger partial charge in [0.1, 0.15) is 0 Å². The molecule has 5 heteroatoms. The molecule has 0 aliphatic rings. The fraction of sp³-hybridized carbons (Fsp3) is 0.385. The molecule has 0 bridgehead atoms. The van der Waals surface area contributed by atoms with Crippen molar-refractivity contribution in [2.24, 2.45) is 11.3 Å². The fourth-order valence-corrected chi connectivity index (χ4v) is 1.82. The number of carboxylic acid groups (broad SMARTS) is 2. The molecule has 0 aliphatic carbocycles. The number of benzene rings is 1. The SMILES string of the molecule is CC(C)C(Cc1ccccc1)(C(=O)[O-])C(=O)[O-].[Mg+2]. The number of carboxylic acids is 2. The zero-order valence-corrected chi connectivity index (χ0v) is 11.9. The van der Waals surface area contributed by atoms with E-state index in [2.05, 4.69) is 0 Å². The van der Waals surface area contributed by atoms with E-state index in [0.29, 0.717) is 5.56 Å². The Kier molecular flexibility index (Phi) is 6.35. The topological polar surface area (TPSA) is 80.3 Å². The number of carbonyl (C=O) groups is 2. The second kappa shape index (κ2) is 6.75. The number of hydrogen-bond acceptors (Lipinski definition) is 4. The van der Waals surface area contributed by atoms with Crippen molar-refractivity contribution < 1.29 is 19.8 Å². The van der Waals surface area contributed by atoms with Crippen LogP contribution in [0.4, 0.5) is 0 Å². The van der Waals surface area contributed by atoms with Gasteiger partial charge < -0.3 is 19.8 Å². The van der Waals surface area contributed by atoms with Crippen molar-refractivity contribution in [1.29, 1.82) is 0 Å². The zero-order chi connectivity index (χ0) is 13.1. The molecule has 0 amide bonds. The zero-order valence-electron chi connectivity index (χ0n) is 10.5. The predicted molar refractivity (Wildman–Crippen MR) is 63.2 cm³/mol. The smallest absolute Gasteiger partial charge is 0.549 e. The third-order valence-electron chi connectivity index (χ3n) is 3.04. The quantitative estimate of drug-likeness (QED) is 0.501. The molecule has 1 rings (SSSR count). The van der Waals surface area contributed by atoms with Crippen LogP contribution in [0.1, 0.15) is 19.4 Å². The van der Waals surface area contributed by atoms with Crippen LogP contribution >= 0.6 is 0 Å². The second-order valence-corrected chi connectivity index (χ2v) is 4.36. The van der Waals surface area contributed by atoms with Gasteiger partial charge in [0.15, 0.2) is 0 Å². The standard InChI is InChI=1S/C13H16O4.Mg/c1-9(2)13(11(14)15,12(16)17)8-10-6-4-3-5-7-10;/h3-7,9H,8H2,1-2H3,(H,14,15)(H,16,17);/q;+2/p-2. The van der Waals surface area contributed by atoms with Gasteiger partial charge in [-0.25, -0.2) is 0 Å². The predicted octanol–water partition coefficient (Wildman–Crippen LogP) is -1.01. The summed E-state index contributed by atoms with van der Waals surface area (Å²) in [6.45, 7) is 3.07. The first-order valence-electron chi connectivity index (χ1n) is 5.38. The minimum Gasteiger partial charge on any atom is -0.549 e. The van der Waals surface area contributed by atoms with Gasteiger partial charge in [0.2, 0.25) is 0 Å². The average molecular weight is 259 g/mol. The molecule has 0 fully saturated rings. The van der Waals surface area contributed by atoms with Crippen molar-refractivity contribution in [3.05, 3.63) is 35.9 Å². The summed E-state index contributed by atoms with van der Waals surface area (Å²) in [4.78, 5) is 22.4. The van der Waals surface area contributed by atoms with E-state index in [0.717, 1.165) is 0 Å². The Morgan fingerprint density at radius 1 is 1.11 bits per heavy atom. The van der Waals surface area contributed by atoms with Crippen LogP contribution < -0.4 is 10.2 Å². The van der Waals surface area contributed by atoms with Crippen LogP contribution in [0.2, 0.25) is 0 Å². The summed E-state index contributed by atoms with van der Waals surface area (Å²) in [7, 11) is 0. The van der Waals surface area contributed by atoms with Gasteiger partial charge in [-0.1, -0.05) is 44.2 Å². The fourth-order valence-electron chi connectivity index (χ4n) is 1.82. The third kappa shape index (κ3) is 3.23. The molecule has 0 saturated carbocycles. The van der Waals surface area contributed by atoms with Crippen LogP contribution in [0, 0.1) is 11.3 Å². The summed E-state index contributed by atoms with van der Waals surface area (Å²) in [5, 5.41) is 22.4. The van der Waals surface area contributed by atoms with Gasteiger partial charge in [-0.15, -0.1) is 0 Å². The molecule has 0 aromatic heterocycles. The number of aliphatic carboxylic acids is 2. The van der Waals surface area contributed by atoms with E-state index in [4.69, 9.17) is 0 Å². The van der Waals surface area contributed by atoms with Gasteiger partial charge in [0.05, 0.1) is 17.4 Å². The molecule has 0 spiro atoms. The van der Waals surface area contributed by atoms with Gasteiger partial charge in [0.25, 0.3) is 0 Å². The maximum absolute atomic E-state index is 11.2. The summed E-state index contributed by atoms with van der Waals surface area (Å²) >= 11 is 0. The van der Waals surface area contributed by atoms with Crippen molar-refractivity contribution in [3.63, 3.8) is 0 Å². The van der Waals surface area contributed by atoms with E-state index in [-0.39, 0.29) is 29.5 Å².